The monoisotopic (exact) mass is 1110 g/mol. The normalized spacial score (nSPS) is 39.8. The van der Waals surface area contributed by atoms with E-state index in [0.717, 1.165) is 87.8 Å². The number of methoxy groups -OCH3 is 6. The van der Waals surface area contributed by atoms with Gasteiger partial charge in [-0.15, -0.1) is 0 Å². The molecule has 11 nitrogen and oxygen atoms in total. The molecule has 1 aliphatic heterocycles. The standard InChI is InChI=1S/C72H75N3O8/c1-8-39-19-21-43(22-20-39)75-65(76)67-29-50-51(70(36-79-3)47-27-46(69(50,70)35-78-2)59-44-23-24-45(60(47)59)56(44)42(33-73)34-74)30-68(67,66(75)77)32-53-52(31-67)71(37-80-4)48-28-49(72(53,71)38-81-5)62-58(41-17-13-10-14-18-41)64-55(83-7)26-25-54(82-6)63(64)57(61(48)62)40-15-11-9-12-16-40/h9-22,25-26,44-53,59-60H,8,23-24,27-32,35-38H2,1-7H3/t44-,45+,46-,47+,48+,49-,50+,51-,52-,53+,59+,60-,67+,68-,69-,70+,71+,72-. The number of carbonyl (C=O) groups excluding carboxylic acids is 2. The second-order valence-electron chi connectivity index (χ2n) is 27.6. The first-order valence-corrected chi connectivity index (χ1v) is 30.9. The van der Waals surface area contributed by atoms with Crippen LogP contribution in [0.3, 0.4) is 0 Å². The third kappa shape index (κ3) is 5.60. The zero-order valence-electron chi connectivity index (χ0n) is 49.0. The van der Waals surface area contributed by atoms with Crippen molar-refractivity contribution in [1.82, 2.24) is 0 Å². The molecule has 0 spiro atoms. The van der Waals surface area contributed by atoms with Crippen LogP contribution in [0.4, 0.5) is 5.69 Å². The highest BCUT2D eigenvalue weighted by Crippen LogP contribution is 2.95. The number of hydrogen-bond acceptors (Lipinski definition) is 10. The highest BCUT2D eigenvalue weighted by Gasteiger charge is 2.93. The van der Waals surface area contributed by atoms with E-state index in [0.29, 0.717) is 75.2 Å². The molecule has 2 amide bonds. The quantitative estimate of drug-likeness (QED) is 0.0457. The lowest BCUT2D eigenvalue weighted by Gasteiger charge is -2.80. The van der Waals surface area contributed by atoms with Gasteiger partial charge in [-0.25, -0.2) is 4.90 Å². The molecule has 6 bridgehead atoms. The van der Waals surface area contributed by atoms with Gasteiger partial charge in [-0.3, -0.25) is 9.59 Å². The average molecular weight is 1110 g/mol. The Morgan fingerprint density at radius 3 is 1.33 bits per heavy atom. The Hall–Kier alpha value is -6.34. The largest absolute Gasteiger partial charge is 0.496 e. The zero-order valence-corrected chi connectivity index (χ0v) is 49.0. The van der Waals surface area contributed by atoms with Gasteiger partial charge in [0.1, 0.15) is 29.2 Å². The van der Waals surface area contributed by atoms with Crippen LogP contribution in [-0.4, -0.2) is 80.9 Å². The van der Waals surface area contributed by atoms with Crippen LogP contribution in [-0.2, 0) is 35.0 Å². The van der Waals surface area contributed by atoms with Gasteiger partial charge in [-0.2, -0.15) is 10.5 Å². The number of anilines is 1. The van der Waals surface area contributed by atoms with Gasteiger partial charge in [0.05, 0.1) is 57.2 Å². The van der Waals surface area contributed by atoms with Gasteiger partial charge in [0.25, 0.3) is 0 Å². The Morgan fingerprint density at radius 2 is 0.940 bits per heavy atom. The highest BCUT2D eigenvalue weighted by molar-refractivity contribution is 6.26. The van der Waals surface area contributed by atoms with Gasteiger partial charge in [0.2, 0.25) is 11.8 Å². The molecule has 11 aliphatic rings. The summed E-state index contributed by atoms with van der Waals surface area (Å²) in [6.45, 7) is 4.23. The third-order valence-corrected chi connectivity index (χ3v) is 26.6. The SMILES string of the molecule is CCc1ccc(N2C(=O)[C@]34C[C@@H]5[C@H](C[C@]3(C[C@@H]3[C@H](C4)[C@@]4(COC)[C@@H]6C[C@@H](c7c6c(-c6ccccc6)c6c(OC)ccc(OC)c6c7-c6ccccc6)[C@@]34COC)C2=O)[C@@]2(COC)[C@@H]3C[C@@H]([C@@H]4[C@H]3[C@@H]3CC[C@H]4C3=C(C#N)C#N)[C@@]52COC)cc1. The fraction of sp³-hybridized carbons (Fsp3) is 0.528. The smallest absolute Gasteiger partial charge is 0.241 e. The number of ether oxygens (including phenoxy) is 6. The van der Waals surface area contributed by atoms with Crippen LogP contribution in [0.15, 0.2) is 108 Å². The van der Waals surface area contributed by atoms with Crippen LogP contribution >= 0.6 is 0 Å². The van der Waals surface area contributed by atoms with Crippen LogP contribution in [0.1, 0.15) is 86.8 Å². The lowest BCUT2D eigenvalue weighted by molar-refractivity contribution is -0.350. The van der Waals surface area contributed by atoms with Gasteiger partial charge in [0, 0.05) is 60.9 Å². The molecule has 10 aliphatic carbocycles. The van der Waals surface area contributed by atoms with E-state index < -0.39 is 21.7 Å². The fourth-order valence-corrected chi connectivity index (χ4v) is 25.0. The lowest BCUT2D eigenvalue weighted by Crippen LogP contribution is -2.80. The van der Waals surface area contributed by atoms with Crippen molar-refractivity contribution in [2.75, 3.05) is 74.0 Å². The molecular formula is C72H75N3O8. The van der Waals surface area contributed by atoms with Crippen LogP contribution in [0.5, 0.6) is 11.5 Å². The molecular weight excluding hydrogens is 1030 g/mol. The minimum atomic E-state index is -1.01. The minimum absolute atomic E-state index is 0.00843. The summed E-state index contributed by atoms with van der Waals surface area (Å²) in [5, 5.41) is 23.0. The number of nitrogens with zero attached hydrogens (tertiary/aromatic N) is 3. The number of carbonyl (C=O) groups is 2. The summed E-state index contributed by atoms with van der Waals surface area (Å²) < 4.78 is 39.6. The molecule has 10 fully saturated rings. The van der Waals surface area contributed by atoms with E-state index >= 15 is 9.59 Å². The first-order chi connectivity index (χ1) is 40.5. The molecule has 0 aromatic heterocycles. The highest BCUT2D eigenvalue weighted by atomic mass is 16.5. The number of allylic oxidation sites excluding steroid dienone is 2. The summed E-state index contributed by atoms with van der Waals surface area (Å²) in [4.78, 5) is 35.6. The lowest BCUT2D eigenvalue weighted by atomic mass is 9.22. The maximum atomic E-state index is 16.9. The van der Waals surface area contributed by atoms with Crippen molar-refractivity contribution in [3.63, 3.8) is 0 Å². The van der Waals surface area contributed by atoms with E-state index in [1.54, 1.807) is 19.1 Å². The van der Waals surface area contributed by atoms with Gasteiger partial charge in [-0.05, 0) is 198 Å². The van der Waals surface area contributed by atoms with Gasteiger partial charge in [-0.1, -0.05) is 79.7 Å². The van der Waals surface area contributed by atoms with Crippen LogP contribution < -0.4 is 14.4 Å². The molecule has 1 saturated heterocycles. The molecule has 0 unspecified atom stereocenters. The van der Waals surface area contributed by atoms with Crippen molar-refractivity contribution in [2.24, 2.45) is 91.7 Å². The number of fused-ring (bicyclic) bond motifs is 27. The summed E-state index contributed by atoms with van der Waals surface area (Å²) in [6.07, 6.45) is 7.21. The van der Waals surface area contributed by atoms with Crippen molar-refractivity contribution >= 4 is 28.3 Å². The summed E-state index contributed by atoms with van der Waals surface area (Å²) in [6, 6.07) is 38.7. The zero-order chi connectivity index (χ0) is 56.9. The van der Waals surface area contributed by atoms with E-state index in [4.69, 9.17) is 28.4 Å². The van der Waals surface area contributed by atoms with E-state index in [2.05, 4.69) is 104 Å². The van der Waals surface area contributed by atoms with E-state index in [1.165, 1.54) is 11.1 Å². The Kier molecular flexibility index (Phi) is 11.2. The molecule has 9 saturated carbocycles. The van der Waals surface area contributed by atoms with Gasteiger partial charge < -0.3 is 28.4 Å². The molecule has 5 aromatic rings. The fourth-order valence-electron chi connectivity index (χ4n) is 25.0. The molecule has 1 heterocycles. The predicted molar refractivity (Wildman–Crippen MR) is 314 cm³/mol. The maximum Gasteiger partial charge on any atom is 0.241 e. The number of amides is 2. The summed E-state index contributed by atoms with van der Waals surface area (Å²) in [7, 11) is 11.0. The average Bonchev–Trinajstić information content (AvgIpc) is 1.59. The second-order valence-corrected chi connectivity index (χ2v) is 27.6. The van der Waals surface area contributed by atoms with Crippen molar-refractivity contribution in [1.29, 1.82) is 10.5 Å². The van der Waals surface area contributed by atoms with Gasteiger partial charge >= 0.3 is 0 Å². The Bertz CT molecular complexity index is 3510. The van der Waals surface area contributed by atoms with Crippen LogP contribution in [0.25, 0.3) is 33.0 Å². The Balaban J connectivity index is 0.933. The molecule has 16 rings (SSSR count). The van der Waals surface area contributed by atoms with Crippen LogP contribution in [0.2, 0.25) is 0 Å². The first-order valence-electron chi connectivity index (χ1n) is 30.9. The minimum Gasteiger partial charge on any atom is -0.496 e. The Morgan fingerprint density at radius 1 is 0.530 bits per heavy atom. The maximum absolute atomic E-state index is 16.9. The van der Waals surface area contributed by atoms with E-state index in [-0.39, 0.29) is 81.8 Å². The topological polar surface area (TPSA) is 140 Å². The number of aryl methyl sites for hydroxylation is 1. The Labute approximate surface area is 487 Å². The van der Waals surface area contributed by atoms with Crippen molar-refractivity contribution in [3.8, 4) is 45.9 Å². The van der Waals surface area contributed by atoms with Crippen LogP contribution in [0, 0.1) is 114 Å². The van der Waals surface area contributed by atoms with Gasteiger partial charge in [0.15, 0.2) is 0 Å². The second kappa shape index (κ2) is 17.9. The molecule has 83 heavy (non-hydrogen) atoms. The number of rotatable bonds is 14. The van der Waals surface area contributed by atoms with Crippen molar-refractivity contribution in [3.05, 3.63) is 125 Å². The third-order valence-electron chi connectivity index (χ3n) is 26.6. The summed E-state index contributed by atoms with van der Waals surface area (Å²) in [5.74, 6) is 3.44. The molecule has 426 valence electrons. The summed E-state index contributed by atoms with van der Waals surface area (Å²) in [5.41, 5.74) is 6.92. The van der Waals surface area contributed by atoms with Crippen molar-refractivity contribution in [2.45, 2.75) is 76.5 Å². The number of nitriles is 2. The molecule has 18 atom stereocenters. The molecule has 11 heteroatoms. The van der Waals surface area contributed by atoms with Crippen molar-refractivity contribution < 1.29 is 38.0 Å². The van der Waals surface area contributed by atoms with E-state index in [1.807, 2.05) is 40.6 Å². The van der Waals surface area contributed by atoms with E-state index in [9.17, 15) is 10.5 Å². The molecule has 0 N–H and O–H groups in total. The molecule has 5 aromatic carbocycles. The number of imide groups is 1. The summed E-state index contributed by atoms with van der Waals surface area (Å²) >= 11 is 0. The number of benzene rings is 5. The number of hydrogen-bond donors (Lipinski definition) is 0. The first kappa shape index (κ1) is 52.2. The molecule has 0 radical (unpaired) electrons. The predicted octanol–water partition coefficient (Wildman–Crippen LogP) is 12.8.